The Balaban J connectivity index is 0.000000283. The molecule has 7 heteroatoms. The maximum atomic E-state index is 12.2. The third-order valence-corrected chi connectivity index (χ3v) is 7.52. The number of carbonyl (C=O) groups excluding carboxylic acids is 1. The number of hydrogen-bond acceptors (Lipinski definition) is 4. The molecule has 2 saturated carbocycles. The summed E-state index contributed by atoms with van der Waals surface area (Å²) >= 11 is 0. The number of aryl methyl sites for hydroxylation is 1. The molecule has 200 valence electrons. The number of halogens is 3. The van der Waals surface area contributed by atoms with Crippen molar-refractivity contribution in [3.8, 4) is 5.75 Å². The molecule has 0 atom stereocenters. The summed E-state index contributed by atoms with van der Waals surface area (Å²) in [6.45, 7) is 5.80. The van der Waals surface area contributed by atoms with Gasteiger partial charge in [0.15, 0.2) is 6.61 Å². The summed E-state index contributed by atoms with van der Waals surface area (Å²) < 4.78 is 45.4. The van der Waals surface area contributed by atoms with Crippen molar-refractivity contribution in [2.45, 2.75) is 103 Å². The predicted octanol–water partition coefficient (Wildman–Crippen LogP) is 7.20. The lowest BCUT2D eigenvalue weighted by molar-refractivity contribution is -0.153. The van der Waals surface area contributed by atoms with E-state index in [2.05, 4.69) is 11.7 Å². The fraction of sp³-hybridized carbons (Fsp3) is 0.750. The van der Waals surface area contributed by atoms with Gasteiger partial charge in [-0.25, -0.2) is 0 Å². The first-order chi connectivity index (χ1) is 16.5. The molecular weight excluding hydrogens is 457 g/mol. The molecule has 0 amide bonds. The van der Waals surface area contributed by atoms with Crippen LogP contribution in [0.3, 0.4) is 0 Å². The second kappa shape index (κ2) is 13.6. The van der Waals surface area contributed by atoms with Crippen LogP contribution in [-0.4, -0.2) is 42.5 Å². The lowest BCUT2D eigenvalue weighted by Gasteiger charge is -2.43. The van der Waals surface area contributed by atoms with Gasteiger partial charge in [-0.1, -0.05) is 50.3 Å². The zero-order valence-electron chi connectivity index (χ0n) is 21.6. The summed E-state index contributed by atoms with van der Waals surface area (Å²) in [4.78, 5) is 12.2. The number of rotatable bonds is 11. The van der Waals surface area contributed by atoms with E-state index in [1.165, 1.54) is 44.2 Å². The van der Waals surface area contributed by atoms with Crippen LogP contribution in [0.5, 0.6) is 5.75 Å². The molecule has 0 spiro atoms. The van der Waals surface area contributed by atoms with E-state index in [1.54, 1.807) is 19.1 Å². The molecule has 2 fully saturated rings. The molecule has 0 bridgehead atoms. The van der Waals surface area contributed by atoms with E-state index in [0.29, 0.717) is 25.2 Å². The molecule has 2 aliphatic carbocycles. The van der Waals surface area contributed by atoms with E-state index >= 15 is 0 Å². The van der Waals surface area contributed by atoms with Crippen LogP contribution in [0, 0.1) is 18.3 Å². The zero-order chi connectivity index (χ0) is 26.0. The number of carbonyl (C=O) groups is 1. The highest BCUT2D eigenvalue weighted by Crippen LogP contribution is 2.45. The summed E-state index contributed by atoms with van der Waals surface area (Å²) in [6, 6.07) is 6.43. The number of benzene rings is 1. The van der Waals surface area contributed by atoms with Gasteiger partial charge in [-0.05, 0) is 76.8 Å². The molecule has 35 heavy (non-hydrogen) atoms. The summed E-state index contributed by atoms with van der Waals surface area (Å²) in [6.07, 6.45) is 7.21. The number of ether oxygens (including phenoxy) is 2. The standard InChI is InChI=1S/C19H34O3.C9H9F3O/c1-3-4-5-9-18(16(2)20)10-12-19(21,13-11-18)15-22-14-17-7-6-8-17;1-7-2-4-8(5-3-7)13-6-9(10,11)12/h17,21H,3-15H2,1-2H3;2-5H,6H2,1H3. The Morgan fingerprint density at radius 2 is 1.71 bits per heavy atom. The Hall–Kier alpha value is -1.60. The van der Waals surface area contributed by atoms with Crippen molar-refractivity contribution in [3.63, 3.8) is 0 Å². The first-order valence-corrected chi connectivity index (χ1v) is 13.0. The quantitative estimate of drug-likeness (QED) is 0.327. The molecule has 4 nitrogen and oxygen atoms in total. The van der Waals surface area contributed by atoms with Gasteiger partial charge in [-0.3, -0.25) is 4.79 Å². The number of Topliss-reactive ketones (excluding diaryl/α,β-unsaturated/α-hetero) is 1. The third kappa shape index (κ3) is 10.5. The van der Waals surface area contributed by atoms with Crippen LogP contribution < -0.4 is 4.74 Å². The maximum Gasteiger partial charge on any atom is 0.422 e. The van der Waals surface area contributed by atoms with Gasteiger partial charge in [0.05, 0.1) is 12.2 Å². The van der Waals surface area contributed by atoms with Crippen molar-refractivity contribution in [2.24, 2.45) is 11.3 Å². The molecule has 0 heterocycles. The van der Waals surface area contributed by atoms with Gasteiger partial charge in [-0.15, -0.1) is 0 Å². The Kier molecular flexibility index (Phi) is 11.5. The molecule has 3 rings (SSSR count). The first kappa shape index (κ1) is 29.6. The molecule has 1 N–H and O–H groups in total. The molecule has 2 aliphatic rings. The van der Waals surface area contributed by atoms with E-state index in [0.717, 1.165) is 43.8 Å². The van der Waals surface area contributed by atoms with Gasteiger partial charge in [-0.2, -0.15) is 13.2 Å². The Morgan fingerprint density at radius 1 is 1.09 bits per heavy atom. The summed E-state index contributed by atoms with van der Waals surface area (Å²) in [5.74, 6) is 1.28. The maximum absolute atomic E-state index is 12.2. The lowest BCUT2D eigenvalue weighted by Crippen LogP contribution is -2.45. The number of unbranched alkanes of at least 4 members (excludes halogenated alkanes) is 2. The summed E-state index contributed by atoms with van der Waals surface area (Å²) in [7, 11) is 0. The summed E-state index contributed by atoms with van der Waals surface area (Å²) in [5, 5.41) is 10.7. The van der Waals surface area contributed by atoms with E-state index < -0.39 is 18.4 Å². The van der Waals surface area contributed by atoms with E-state index in [1.807, 2.05) is 6.92 Å². The number of ketones is 1. The van der Waals surface area contributed by atoms with Gasteiger partial charge in [0.2, 0.25) is 0 Å². The topological polar surface area (TPSA) is 55.8 Å². The van der Waals surface area contributed by atoms with Crippen molar-refractivity contribution in [1.82, 2.24) is 0 Å². The molecule has 0 saturated heterocycles. The van der Waals surface area contributed by atoms with Gasteiger partial charge in [0, 0.05) is 12.0 Å². The molecule has 0 aliphatic heterocycles. The molecule has 0 radical (unpaired) electrons. The van der Waals surface area contributed by atoms with Gasteiger partial charge < -0.3 is 14.6 Å². The minimum atomic E-state index is -4.27. The third-order valence-electron chi connectivity index (χ3n) is 7.52. The Labute approximate surface area is 208 Å². The number of alkyl halides is 3. The van der Waals surface area contributed by atoms with Crippen molar-refractivity contribution >= 4 is 5.78 Å². The average molecular weight is 501 g/mol. The van der Waals surface area contributed by atoms with Crippen LogP contribution in [0.1, 0.15) is 90.0 Å². The lowest BCUT2D eigenvalue weighted by atomic mass is 9.64. The fourth-order valence-electron chi connectivity index (χ4n) is 4.70. The van der Waals surface area contributed by atoms with E-state index in [-0.39, 0.29) is 11.2 Å². The van der Waals surface area contributed by atoms with Crippen molar-refractivity contribution in [1.29, 1.82) is 0 Å². The monoisotopic (exact) mass is 500 g/mol. The van der Waals surface area contributed by atoms with Crippen LogP contribution in [0.25, 0.3) is 0 Å². The van der Waals surface area contributed by atoms with Crippen LogP contribution in [0.2, 0.25) is 0 Å². The van der Waals surface area contributed by atoms with E-state index in [4.69, 9.17) is 4.74 Å². The average Bonchev–Trinajstić information content (AvgIpc) is 2.77. The van der Waals surface area contributed by atoms with Crippen LogP contribution in [0.15, 0.2) is 24.3 Å². The molecular formula is C28H43F3O4. The predicted molar refractivity (Wildman–Crippen MR) is 132 cm³/mol. The highest BCUT2D eigenvalue weighted by molar-refractivity contribution is 5.82. The van der Waals surface area contributed by atoms with Gasteiger partial charge in [0.1, 0.15) is 11.5 Å². The largest absolute Gasteiger partial charge is 0.484 e. The second-order valence-corrected chi connectivity index (χ2v) is 10.5. The minimum Gasteiger partial charge on any atom is -0.484 e. The van der Waals surface area contributed by atoms with Gasteiger partial charge in [0.25, 0.3) is 0 Å². The molecule has 1 aromatic carbocycles. The van der Waals surface area contributed by atoms with Crippen LogP contribution in [0.4, 0.5) is 13.2 Å². The fourth-order valence-corrected chi connectivity index (χ4v) is 4.70. The Bertz CT molecular complexity index is 748. The van der Waals surface area contributed by atoms with Crippen molar-refractivity contribution < 1.29 is 32.5 Å². The van der Waals surface area contributed by atoms with Crippen LogP contribution in [-0.2, 0) is 9.53 Å². The smallest absolute Gasteiger partial charge is 0.422 e. The van der Waals surface area contributed by atoms with Gasteiger partial charge >= 0.3 is 6.18 Å². The highest BCUT2D eigenvalue weighted by atomic mass is 19.4. The van der Waals surface area contributed by atoms with Crippen LogP contribution >= 0.6 is 0 Å². The zero-order valence-corrected chi connectivity index (χ0v) is 21.6. The minimum absolute atomic E-state index is 0.171. The van der Waals surface area contributed by atoms with E-state index in [9.17, 15) is 23.1 Å². The molecule has 1 aromatic rings. The SMILES string of the molecule is CCCCCC1(C(C)=O)CCC(O)(COCC2CCC2)CC1.Cc1ccc(OCC(F)(F)F)cc1. The van der Waals surface area contributed by atoms with Crippen molar-refractivity contribution in [2.75, 3.05) is 19.8 Å². The van der Waals surface area contributed by atoms with Crippen molar-refractivity contribution in [3.05, 3.63) is 29.8 Å². The molecule has 0 aromatic heterocycles. The second-order valence-electron chi connectivity index (χ2n) is 10.5. The number of aliphatic hydroxyl groups is 1. The summed E-state index contributed by atoms with van der Waals surface area (Å²) in [5.41, 5.74) is 0.113. The first-order valence-electron chi connectivity index (χ1n) is 13.0. The molecule has 0 unspecified atom stereocenters. The number of hydrogen-bond donors (Lipinski definition) is 1. The highest BCUT2D eigenvalue weighted by Gasteiger charge is 2.44. The Morgan fingerprint density at radius 3 is 2.20 bits per heavy atom. The normalized spacial score (nSPS) is 24.8.